The highest BCUT2D eigenvalue weighted by Crippen LogP contribution is 2.58. The molecule has 20 heavy (non-hydrogen) atoms. The van der Waals surface area contributed by atoms with E-state index in [0.717, 1.165) is 0 Å². The summed E-state index contributed by atoms with van der Waals surface area (Å²) in [7, 11) is 0. The molecule has 0 saturated heterocycles. The minimum absolute atomic E-state index is 0.606. The molecule has 0 aliphatic rings. The Hall–Kier alpha value is -0.810. The SMILES string of the molecule is CCC(O)C(F)(F)C(F)(F)C(F)(F)C(F)(F)C(F)(F)F. The minimum atomic E-state index is -7.46. The van der Waals surface area contributed by atoms with Crippen molar-refractivity contribution in [3.63, 3.8) is 0 Å². The molecule has 0 aliphatic heterocycles. The van der Waals surface area contributed by atoms with Crippen molar-refractivity contribution in [3.05, 3.63) is 0 Å². The van der Waals surface area contributed by atoms with Crippen molar-refractivity contribution < 1.29 is 53.4 Å². The molecule has 12 heteroatoms. The van der Waals surface area contributed by atoms with E-state index in [0.29, 0.717) is 6.92 Å². The number of rotatable bonds is 5. The minimum Gasteiger partial charge on any atom is -0.387 e. The standard InChI is InChI=1S/C8H7F11O/c1-2-3(20)4(9,10)5(11,12)6(13,14)7(15,16)8(17,18)19/h3,20H,2H2,1H3. The molecule has 0 amide bonds. The molecule has 0 aromatic rings. The van der Waals surface area contributed by atoms with Gasteiger partial charge < -0.3 is 5.11 Å². The van der Waals surface area contributed by atoms with Crippen molar-refractivity contribution in [1.29, 1.82) is 0 Å². The zero-order valence-corrected chi connectivity index (χ0v) is 9.39. The Kier molecular flexibility index (Phi) is 4.68. The van der Waals surface area contributed by atoms with E-state index in [2.05, 4.69) is 0 Å². The zero-order valence-electron chi connectivity index (χ0n) is 9.39. The molecule has 1 nitrogen and oxygen atoms in total. The fraction of sp³-hybridized carbons (Fsp3) is 1.00. The van der Waals surface area contributed by atoms with Gasteiger partial charge in [0.1, 0.15) is 6.10 Å². The third-order valence-corrected chi connectivity index (χ3v) is 2.37. The maximum Gasteiger partial charge on any atom is 0.460 e. The van der Waals surface area contributed by atoms with E-state index in [1.807, 2.05) is 0 Å². The fourth-order valence-corrected chi connectivity index (χ4v) is 1.05. The maximum atomic E-state index is 12.8. The summed E-state index contributed by atoms with van der Waals surface area (Å²) in [6, 6.07) is 0. The lowest BCUT2D eigenvalue weighted by molar-refractivity contribution is -0.428. The van der Waals surface area contributed by atoms with Gasteiger partial charge in [0.15, 0.2) is 0 Å². The van der Waals surface area contributed by atoms with Crippen LogP contribution in [0.1, 0.15) is 13.3 Å². The van der Waals surface area contributed by atoms with Crippen LogP contribution >= 0.6 is 0 Å². The summed E-state index contributed by atoms with van der Waals surface area (Å²) in [6.07, 6.45) is -12.0. The second kappa shape index (κ2) is 4.88. The highest BCUT2D eigenvalue weighted by Gasteiger charge is 2.87. The molecule has 0 aromatic heterocycles. The highest BCUT2D eigenvalue weighted by atomic mass is 19.4. The predicted octanol–water partition coefficient (Wildman–Crippen LogP) is 3.86. The van der Waals surface area contributed by atoms with Gasteiger partial charge in [0.2, 0.25) is 0 Å². The van der Waals surface area contributed by atoms with Crippen molar-refractivity contribution in [1.82, 2.24) is 0 Å². The van der Waals surface area contributed by atoms with Crippen LogP contribution in [0.15, 0.2) is 0 Å². The van der Waals surface area contributed by atoms with E-state index in [1.54, 1.807) is 0 Å². The molecule has 0 aromatic carbocycles. The average molecular weight is 328 g/mol. The molecule has 0 bridgehead atoms. The quantitative estimate of drug-likeness (QED) is 0.760. The summed E-state index contributed by atoms with van der Waals surface area (Å²) >= 11 is 0. The molecular formula is C8H7F11O. The lowest BCUT2D eigenvalue weighted by Crippen LogP contribution is -2.68. The summed E-state index contributed by atoms with van der Waals surface area (Å²) in [5, 5.41) is 8.46. The Bertz CT molecular complexity index is 345. The molecule has 1 N–H and O–H groups in total. The van der Waals surface area contributed by atoms with Gasteiger partial charge in [-0.05, 0) is 6.42 Å². The molecule has 0 rings (SSSR count). The molecule has 0 fully saturated rings. The smallest absolute Gasteiger partial charge is 0.387 e. The summed E-state index contributed by atoms with van der Waals surface area (Å²) in [5.74, 6) is -28.2. The highest BCUT2D eigenvalue weighted by molar-refractivity contribution is 5.07. The van der Waals surface area contributed by atoms with Crippen LogP contribution in [-0.4, -0.2) is 41.1 Å². The van der Waals surface area contributed by atoms with Crippen LogP contribution in [-0.2, 0) is 0 Å². The second-order valence-corrected chi connectivity index (χ2v) is 3.77. The summed E-state index contributed by atoms with van der Waals surface area (Å²) in [4.78, 5) is 0. The van der Waals surface area contributed by atoms with Gasteiger partial charge in [-0.15, -0.1) is 0 Å². The second-order valence-electron chi connectivity index (χ2n) is 3.77. The van der Waals surface area contributed by atoms with Crippen molar-refractivity contribution >= 4 is 0 Å². The van der Waals surface area contributed by atoms with Gasteiger partial charge in [0.25, 0.3) is 0 Å². The first-order chi connectivity index (χ1) is 8.48. The normalized spacial score (nSPS) is 17.2. The summed E-state index contributed by atoms with van der Waals surface area (Å²) in [5.41, 5.74) is 0. The first kappa shape index (κ1) is 19.2. The molecule has 1 atom stereocenters. The van der Waals surface area contributed by atoms with Crippen LogP contribution < -0.4 is 0 Å². The Balaban J connectivity index is 5.94. The third kappa shape index (κ3) is 2.42. The van der Waals surface area contributed by atoms with Gasteiger partial charge in [0.05, 0.1) is 0 Å². The van der Waals surface area contributed by atoms with Crippen LogP contribution in [0.3, 0.4) is 0 Å². The molecule has 0 aliphatic carbocycles. The first-order valence-corrected chi connectivity index (χ1v) is 4.74. The number of hydrogen-bond donors (Lipinski definition) is 1. The molecule has 0 heterocycles. The van der Waals surface area contributed by atoms with Crippen molar-refractivity contribution in [2.24, 2.45) is 0 Å². The van der Waals surface area contributed by atoms with Crippen LogP contribution in [0, 0.1) is 0 Å². The topological polar surface area (TPSA) is 20.2 Å². The Labute approximate surface area is 104 Å². The average Bonchev–Trinajstić information content (AvgIpc) is 2.25. The molecule has 0 radical (unpaired) electrons. The first-order valence-electron chi connectivity index (χ1n) is 4.74. The van der Waals surface area contributed by atoms with Crippen molar-refractivity contribution in [2.45, 2.75) is 49.3 Å². The van der Waals surface area contributed by atoms with E-state index in [4.69, 9.17) is 5.11 Å². The Morgan fingerprint density at radius 2 is 1.05 bits per heavy atom. The lowest BCUT2D eigenvalue weighted by atomic mass is 9.94. The molecule has 122 valence electrons. The zero-order chi connectivity index (χ0) is 16.8. The molecule has 0 saturated carbocycles. The van der Waals surface area contributed by atoms with Crippen LogP contribution in [0.4, 0.5) is 48.3 Å². The van der Waals surface area contributed by atoms with E-state index in [-0.39, 0.29) is 0 Å². The largest absolute Gasteiger partial charge is 0.460 e. The van der Waals surface area contributed by atoms with Crippen molar-refractivity contribution in [2.75, 3.05) is 0 Å². The number of halogens is 11. The van der Waals surface area contributed by atoms with E-state index in [1.165, 1.54) is 0 Å². The molecular weight excluding hydrogens is 321 g/mol. The molecule has 1 unspecified atom stereocenters. The number of aliphatic hydroxyl groups is 1. The van der Waals surface area contributed by atoms with Gasteiger partial charge in [-0.1, -0.05) is 6.92 Å². The van der Waals surface area contributed by atoms with Gasteiger partial charge in [-0.2, -0.15) is 48.3 Å². The third-order valence-electron chi connectivity index (χ3n) is 2.37. The van der Waals surface area contributed by atoms with Crippen LogP contribution in [0.25, 0.3) is 0 Å². The number of alkyl halides is 11. The van der Waals surface area contributed by atoms with Crippen molar-refractivity contribution in [3.8, 4) is 0 Å². The monoisotopic (exact) mass is 328 g/mol. The van der Waals surface area contributed by atoms with E-state index in [9.17, 15) is 48.3 Å². The lowest BCUT2D eigenvalue weighted by Gasteiger charge is -2.38. The Morgan fingerprint density at radius 3 is 1.30 bits per heavy atom. The molecule has 0 spiro atoms. The number of aliphatic hydroxyl groups excluding tert-OH is 1. The van der Waals surface area contributed by atoms with Gasteiger partial charge >= 0.3 is 29.9 Å². The van der Waals surface area contributed by atoms with Gasteiger partial charge in [-0.3, -0.25) is 0 Å². The Morgan fingerprint density at radius 1 is 0.700 bits per heavy atom. The number of hydrogen-bond acceptors (Lipinski definition) is 1. The fourth-order valence-electron chi connectivity index (χ4n) is 1.05. The van der Waals surface area contributed by atoms with E-state index >= 15 is 0 Å². The van der Waals surface area contributed by atoms with Gasteiger partial charge in [-0.25, -0.2) is 0 Å². The summed E-state index contributed by atoms with van der Waals surface area (Å²) < 4.78 is 136. The van der Waals surface area contributed by atoms with Crippen LogP contribution in [0.2, 0.25) is 0 Å². The van der Waals surface area contributed by atoms with Crippen LogP contribution in [0.5, 0.6) is 0 Å². The van der Waals surface area contributed by atoms with Gasteiger partial charge in [0, 0.05) is 0 Å². The summed E-state index contributed by atoms with van der Waals surface area (Å²) in [6.45, 7) is 0.606. The van der Waals surface area contributed by atoms with E-state index < -0.39 is 42.4 Å². The maximum absolute atomic E-state index is 12.8. The predicted molar refractivity (Wildman–Crippen MR) is 42.1 cm³/mol.